The first-order valence-corrected chi connectivity index (χ1v) is 35.1. The van der Waals surface area contributed by atoms with Gasteiger partial charge in [0.1, 0.15) is 19.3 Å². The summed E-state index contributed by atoms with van der Waals surface area (Å²) in [5.41, 5.74) is 0. The molecule has 84 heavy (non-hydrogen) atoms. The highest BCUT2D eigenvalue weighted by atomic mass is 31.2. The van der Waals surface area contributed by atoms with E-state index >= 15 is 0 Å². The Kier molecular flexibility index (Phi) is 58.9. The Morgan fingerprint density at radius 3 is 1.15 bits per heavy atom. The zero-order valence-electron chi connectivity index (χ0n) is 54.5. The monoisotopic (exact) mass is 1180 g/mol. The highest BCUT2D eigenvalue weighted by Gasteiger charge is 2.27. The molecule has 3 unspecified atom stereocenters. The fourth-order valence-corrected chi connectivity index (χ4v) is 9.63. The molecule has 0 aromatic heterocycles. The number of hydrogen-bond acceptors (Lipinski definition) is 7. The quantitative estimate of drug-likeness (QED) is 0.0212. The highest BCUT2D eigenvalue weighted by molar-refractivity contribution is 7.45. The van der Waals surface area contributed by atoms with Gasteiger partial charge in [0.15, 0.2) is 0 Å². The van der Waals surface area contributed by atoms with Gasteiger partial charge in [-0.15, -0.1) is 0 Å². The Hall–Kier alpha value is -4.11. The Balaban J connectivity index is 5.20. The van der Waals surface area contributed by atoms with Crippen molar-refractivity contribution in [2.75, 3.05) is 40.9 Å². The summed E-state index contributed by atoms with van der Waals surface area (Å²) >= 11 is 0. The Bertz CT molecular complexity index is 1950. The van der Waals surface area contributed by atoms with Gasteiger partial charge in [-0.3, -0.25) is 14.2 Å². The number of allylic oxidation sites excluding steroid dienone is 23. The Labute approximate surface area is 517 Å². The first kappa shape index (κ1) is 79.9. The molecule has 0 radical (unpaired) electrons. The zero-order chi connectivity index (χ0) is 61.4. The predicted octanol–water partition coefficient (Wildman–Crippen LogP) is 20.8. The number of unbranched alkanes of at least 4 members (excludes halogenated alkanes) is 21. The number of nitrogens with one attached hydrogen (secondary N) is 1. The van der Waals surface area contributed by atoms with Crippen LogP contribution in [0, 0.1) is 0 Å². The lowest BCUT2D eigenvalue weighted by Crippen LogP contribution is -2.47. The second-order valence-electron chi connectivity index (χ2n) is 23.2. The second-order valence-corrected chi connectivity index (χ2v) is 24.6. The molecule has 9 nitrogen and oxygen atoms in total. The minimum Gasteiger partial charge on any atom is -0.756 e. The summed E-state index contributed by atoms with van der Waals surface area (Å²) in [6.07, 6.45) is 89.6. The van der Waals surface area contributed by atoms with E-state index in [4.69, 9.17) is 13.8 Å². The average Bonchev–Trinajstić information content (AvgIpc) is 3.65. The molecule has 1 amide bonds. The van der Waals surface area contributed by atoms with Gasteiger partial charge in [-0.05, 0) is 128 Å². The maximum Gasteiger partial charge on any atom is 0.306 e. The lowest BCUT2D eigenvalue weighted by molar-refractivity contribution is -0.870. The van der Waals surface area contributed by atoms with Crippen LogP contribution in [0.3, 0.4) is 0 Å². The third kappa shape index (κ3) is 62.4. The molecule has 0 bridgehead atoms. The Morgan fingerprint density at radius 2 is 0.762 bits per heavy atom. The number of carbonyl (C=O) groups excluding carboxylic acids is 2. The van der Waals surface area contributed by atoms with Crippen molar-refractivity contribution in [1.82, 2.24) is 5.32 Å². The van der Waals surface area contributed by atoms with Crippen molar-refractivity contribution in [3.63, 3.8) is 0 Å². The van der Waals surface area contributed by atoms with Gasteiger partial charge in [-0.1, -0.05) is 263 Å². The van der Waals surface area contributed by atoms with Crippen molar-refractivity contribution in [3.8, 4) is 0 Å². The zero-order valence-corrected chi connectivity index (χ0v) is 55.4. The number of amides is 1. The standard InChI is InChI=1S/C74H125N2O7P/c1-7-10-13-16-19-22-25-28-30-32-34-35-36-37-38-39-40-41-43-45-47-49-52-55-58-61-64-67-74(78)83-72(65-62-59-56-53-50-27-24-21-18-15-12-9-3)71(70-82-84(79,80)81-69-68-76(4,5)6)75-73(77)66-63-60-57-54-51-48-46-44-42-33-31-29-26-23-20-17-14-11-8-2/h10-11,13-14,19-20,22-23,28-31,34-35,37-38,40-42,44,48,51,62,65,71-72H,7-9,12,15-18,21,24-27,32-33,36,39,43,45-47,49-50,52-61,63-64,66-70H2,1-6H3,(H-,75,77,79,80)/b13-10-,14-11-,22-19-,23-20-,30-28-,31-29-,35-34-,38-37-,41-40-,44-42-,51-48-,65-62-. The van der Waals surface area contributed by atoms with Crippen LogP contribution in [0.1, 0.15) is 258 Å². The van der Waals surface area contributed by atoms with Gasteiger partial charge in [0.2, 0.25) is 5.91 Å². The highest BCUT2D eigenvalue weighted by Crippen LogP contribution is 2.38. The predicted molar refractivity (Wildman–Crippen MR) is 362 cm³/mol. The van der Waals surface area contributed by atoms with Crippen molar-refractivity contribution >= 4 is 19.7 Å². The summed E-state index contributed by atoms with van der Waals surface area (Å²) < 4.78 is 30.4. The molecule has 0 aromatic carbocycles. The lowest BCUT2D eigenvalue weighted by Gasteiger charge is -2.30. The maximum atomic E-state index is 13.6. The number of nitrogens with zero attached hydrogens (tertiary/aromatic N) is 1. The number of carbonyl (C=O) groups is 2. The molecule has 0 aliphatic rings. The van der Waals surface area contributed by atoms with Crippen molar-refractivity contribution in [2.45, 2.75) is 270 Å². The van der Waals surface area contributed by atoms with Gasteiger partial charge < -0.3 is 28.5 Å². The molecule has 0 heterocycles. The van der Waals surface area contributed by atoms with E-state index in [0.717, 1.165) is 135 Å². The SMILES string of the molecule is CC/C=C\C/C=C\C/C=C\C/C=C\C/C=C\C/C=C\CCCCCCCCCCC(=O)OC(/C=C\CCCCCCCCCCCC)C(COP(=O)([O-])OCC[N+](C)(C)C)NC(=O)CCCCC/C=C\C/C=C\C/C=C\C/C=C\C/C=C\CC. The molecule has 1 N–H and O–H groups in total. The molecule has 0 fully saturated rings. The summed E-state index contributed by atoms with van der Waals surface area (Å²) in [6, 6.07) is -0.921. The van der Waals surface area contributed by atoms with Crippen LogP contribution in [0.5, 0.6) is 0 Å². The lowest BCUT2D eigenvalue weighted by atomic mass is 10.0. The first-order chi connectivity index (χ1) is 40.9. The van der Waals surface area contributed by atoms with Crippen LogP contribution >= 0.6 is 7.82 Å². The molecule has 0 aliphatic heterocycles. The topological polar surface area (TPSA) is 114 Å². The molecule has 3 atom stereocenters. The molecule has 10 heteroatoms. The Morgan fingerprint density at radius 1 is 0.429 bits per heavy atom. The number of phosphoric acid groups is 1. The third-order valence-electron chi connectivity index (χ3n) is 14.0. The van der Waals surface area contributed by atoms with Gasteiger partial charge in [0.25, 0.3) is 7.82 Å². The second kappa shape index (κ2) is 62.0. The number of rotatable bonds is 59. The minimum absolute atomic E-state index is 0.0385. The van der Waals surface area contributed by atoms with Gasteiger partial charge in [0.05, 0.1) is 33.8 Å². The van der Waals surface area contributed by atoms with E-state index in [0.29, 0.717) is 23.9 Å². The number of ether oxygens (including phenoxy) is 1. The van der Waals surface area contributed by atoms with E-state index in [1.54, 1.807) is 0 Å². The van der Waals surface area contributed by atoms with Gasteiger partial charge in [0, 0.05) is 12.8 Å². The normalized spacial score (nSPS) is 14.5. The molecule has 478 valence electrons. The van der Waals surface area contributed by atoms with Gasteiger partial charge in [-0.2, -0.15) is 0 Å². The fourth-order valence-electron chi connectivity index (χ4n) is 8.90. The molecular formula is C74H125N2O7P. The summed E-state index contributed by atoms with van der Waals surface area (Å²) in [4.78, 5) is 40.1. The molecule has 0 aromatic rings. The third-order valence-corrected chi connectivity index (χ3v) is 15.0. The number of esters is 1. The van der Waals surface area contributed by atoms with Crippen molar-refractivity contribution in [2.24, 2.45) is 0 Å². The average molecular weight is 1190 g/mol. The molecule has 0 saturated heterocycles. The molecule has 0 spiro atoms. The number of likely N-dealkylation sites (N-methyl/N-ethyl adjacent to an activating group) is 1. The van der Waals surface area contributed by atoms with E-state index < -0.39 is 26.6 Å². The number of phosphoric ester groups is 1. The van der Waals surface area contributed by atoms with E-state index in [9.17, 15) is 19.0 Å². The first-order valence-electron chi connectivity index (χ1n) is 33.6. The van der Waals surface area contributed by atoms with Crippen LogP contribution in [0.25, 0.3) is 0 Å². The van der Waals surface area contributed by atoms with E-state index in [-0.39, 0.29) is 31.3 Å². The van der Waals surface area contributed by atoms with Crippen LogP contribution in [0.2, 0.25) is 0 Å². The van der Waals surface area contributed by atoms with Crippen LogP contribution in [-0.2, 0) is 27.9 Å². The summed E-state index contributed by atoms with van der Waals surface area (Å²) in [7, 11) is 1.14. The molecule has 0 rings (SSSR count). The van der Waals surface area contributed by atoms with Crippen molar-refractivity contribution < 1.29 is 37.3 Å². The van der Waals surface area contributed by atoms with E-state index in [2.05, 4.69) is 160 Å². The number of hydrogen-bond donors (Lipinski definition) is 1. The van der Waals surface area contributed by atoms with Gasteiger partial charge in [-0.25, -0.2) is 0 Å². The largest absolute Gasteiger partial charge is 0.756 e. The van der Waals surface area contributed by atoms with Crippen LogP contribution in [0.15, 0.2) is 146 Å². The maximum absolute atomic E-state index is 13.6. The fraction of sp³-hybridized carbons (Fsp3) is 0.649. The van der Waals surface area contributed by atoms with Crippen molar-refractivity contribution in [3.05, 3.63) is 146 Å². The van der Waals surface area contributed by atoms with Crippen molar-refractivity contribution in [1.29, 1.82) is 0 Å². The minimum atomic E-state index is -4.72. The van der Waals surface area contributed by atoms with Gasteiger partial charge >= 0.3 is 5.97 Å². The van der Waals surface area contributed by atoms with Crippen LogP contribution in [0.4, 0.5) is 0 Å². The molecule has 0 saturated carbocycles. The van der Waals surface area contributed by atoms with E-state index in [1.807, 2.05) is 33.3 Å². The summed E-state index contributed by atoms with van der Waals surface area (Å²) in [5, 5.41) is 3.01. The summed E-state index contributed by atoms with van der Waals surface area (Å²) in [6.45, 7) is 6.57. The van der Waals surface area contributed by atoms with E-state index in [1.165, 1.54) is 77.0 Å². The van der Waals surface area contributed by atoms with Crippen LogP contribution < -0.4 is 10.2 Å². The molecule has 0 aliphatic carbocycles. The summed E-state index contributed by atoms with van der Waals surface area (Å²) in [5.74, 6) is -0.597. The van der Waals surface area contributed by atoms with Crippen LogP contribution in [-0.4, -0.2) is 69.4 Å². The number of quaternary nitrogens is 1. The smallest absolute Gasteiger partial charge is 0.306 e. The molecular weight excluding hydrogens is 1060 g/mol.